The maximum absolute atomic E-state index is 12.8. The van der Waals surface area contributed by atoms with E-state index in [2.05, 4.69) is 10.6 Å². The maximum atomic E-state index is 12.8. The van der Waals surface area contributed by atoms with E-state index in [1.165, 1.54) is 11.2 Å². The third kappa shape index (κ3) is 2.71. The highest BCUT2D eigenvalue weighted by Crippen LogP contribution is 2.45. The fraction of sp³-hybridized carbons (Fsp3) is 0.471. The van der Waals surface area contributed by atoms with Crippen LogP contribution in [0.3, 0.4) is 0 Å². The van der Waals surface area contributed by atoms with Gasteiger partial charge in [0.2, 0.25) is 11.8 Å². The van der Waals surface area contributed by atoms with Crippen molar-refractivity contribution in [3.8, 4) is 0 Å². The average molecular weight is 379 g/mol. The summed E-state index contributed by atoms with van der Waals surface area (Å²) in [7, 11) is 0.297. The molecule has 5 atom stereocenters. The normalized spacial score (nSPS) is 30.5. The fourth-order valence-corrected chi connectivity index (χ4v) is 4.30. The number of rotatable bonds is 4. The number of benzene rings is 1. The quantitative estimate of drug-likeness (QED) is 0.611. The number of anilines is 1. The number of likely N-dealkylation sites (N-methyl/N-ethyl adjacent to an activating group) is 1. The Hall–Kier alpha value is -2.26. The molecule has 8 nitrogen and oxygen atoms in total. The van der Waals surface area contributed by atoms with E-state index in [4.69, 9.17) is 0 Å². The highest BCUT2D eigenvalue weighted by atomic mass is 32.2. The number of carbonyl (C=O) groups excluding carboxylic acids is 3. The van der Waals surface area contributed by atoms with E-state index in [1.807, 2.05) is 0 Å². The standard InChI is InChI=1S/C17H21N3O5S/c1-9(13-15(22)18-11(8-26(3)25)14(21)19-13)17(24)10-6-4-5-7-12(10)20(2)16(17)23/h4-7,9,11,13,24H,8H2,1-3H3,(H,18,22)(H,19,21)/t9-,11+,13+,17-,26?/m1/s1. The minimum atomic E-state index is -1.93. The van der Waals surface area contributed by atoms with Gasteiger partial charge in [-0.2, -0.15) is 0 Å². The van der Waals surface area contributed by atoms with Crippen molar-refractivity contribution < 1.29 is 23.7 Å². The fourth-order valence-electron chi connectivity index (χ4n) is 3.60. The van der Waals surface area contributed by atoms with E-state index in [-0.39, 0.29) is 5.75 Å². The van der Waals surface area contributed by atoms with Crippen LogP contribution in [0.4, 0.5) is 5.69 Å². The van der Waals surface area contributed by atoms with Crippen LogP contribution in [0.2, 0.25) is 0 Å². The predicted octanol–water partition coefficient (Wildman–Crippen LogP) is -1.15. The predicted molar refractivity (Wildman–Crippen MR) is 95.7 cm³/mol. The van der Waals surface area contributed by atoms with Gasteiger partial charge in [0, 0.05) is 35.6 Å². The summed E-state index contributed by atoms with van der Waals surface area (Å²) in [6.45, 7) is 1.55. The van der Waals surface area contributed by atoms with Crippen LogP contribution in [0.25, 0.3) is 0 Å². The number of carbonyl (C=O) groups is 3. The molecule has 1 saturated heterocycles. The van der Waals surface area contributed by atoms with Crippen LogP contribution in [0, 0.1) is 5.92 Å². The molecule has 1 unspecified atom stereocenters. The molecule has 0 bridgehead atoms. The van der Waals surface area contributed by atoms with Crippen LogP contribution in [-0.4, -0.2) is 58.2 Å². The van der Waals surface area contributed by atoms with Crippen LogP contribution >= 0.6 is 0 Å². The topological polar surface area (TPSA) is 116 Å². The van der Waals surface area contributed by atoms with Crippen molar-refractivity contribution in [3.05, 3.63) is 29.8 Å². The minimum absolute atomic E-state index is 0.00738. The summed E-state index contributed by atoms with van der Waals surface area (Å²) in [5, 5.41) is 16.4. The van der Waals surface area contributed by atoms with Gasteiger partial charge in [0.25, 0.3) is 5.91 Å². The maximum Gasteiger partial charge on any atom is 0.263 e. The molecule has 3 rings (SSSR count). The van der Waals surface area contributed by atoms with Gasteiger partial charge in [-0.05, 0) is 6.07 Å². The number of nitrogens with zero attached hydrogens (tertiary/aromatic N) is 1. The van der Waals surface area contributed by atoms with Crippen LogP contribution < -0.4 is 15.5 Å². The van der Waals surface area contributed by atoms with E-state index in [1.54, 1.807) is 38.2 Å². The lowest BCUT2D eigenvalue weighted by Crippen LogP contribution is -2.67. The zero-order valence-electron chi connectivity index (χ0n) is 14.7. The van der Waals surface area contributed by atoms with Gasteiger partial charge in [-0.25, -0.2) is 0 Å². The Morgan fingerprint density at radius 3 is 2.54 bits per heavy atom. The molecule has 3 amide bonds. The van der Waals surface area contributed by atoms with Crippen molar-refractivity contribution in [2.75, 3.05) is 24.0 Å². The Balaban J connectivity index is 1.91. The van der Waals surface area contributed by atoms with Crippen molar-refractivity contribution in [1.82, 2.24) is 10.6 Å². The Morgan fingerprint density at radius 2 is 1.88 bits per heavy atom. The van der Waals surface area contributed by atoms with Gasteiger partial charge in [-0.1, -0.05) is 25.1 Å². The molecule has 2 aliphatic heterocycles. The summed E-state index contributed by atoms with van der Waals surface area (Å²) >= 11 is 0. The molecule has 2 heterocycles. The first kappa shape index (κ1) is 18.5. The molecular weight excluding hydrogens is 358 g/mol. The van der Waals surface area contributed by atoms with Crippen LogP contribution in [-0.2, 0) is 30.8 Å². The summed E-state index contributed by atoms with van der Waals surface area (Å²) in [5.74, 6) is -2.44. The van der Waals surface area contributed by atoms with Gasteiger partial charge in [-0.3, -0.25) is 18.6 Å². The van der Waals surface area contributed by atoms with Gasteiger partial charge >= 0.3 is 0 Å². The van der Waals surface area contributed by atoms with E-state index in [9.17, 15) is 23.7 Å². The molecular formula is C17H21N3O5S. The average Bonchev–Trinajstić information content (AvgIpc) is 2.80. The van der Waals surface area contributed by atoms with Crippen LogP contribution in [0.5, 0.6) is 0 Å². The first-order valence-electron chi connectivity index (χ1n) is 8.18. The molecule has 140 valence electrons. The second-order valence-electron chi connectivity index (χ2n) is 6.72. The second kappa shape index (κ2) is 6.48. The highest BCUT2D eigenvalue weighted by Gasteiger charge is 2.56. The van der Waals surface area contributed by atoms with Gasteiger partial charge in [0.05, 0.1) is 11.4 Å². The molecule has 1 fully saturated rings. The third-order valence-corrected chi connectivity index (χ3v) is 5.88. The molecule has 0 radical (unpaired) electrons. The number of para-hydroxylation sites is 1. The molecule has 0 spiro atoms. The Labute approximate surface area is 153 Å². The number of amides is 3. The van der Waals surface area contributed by atoms with Gasteiger partial charge in [-0.15, -0.1) is 0 Å². The molecule has 1 aromatic carbocycles. The smallest absolute Gasteiger partial charge is 0.263 e. The van der Waals surface area contributed by atoms with Crippen molar-refractivity contribution in [1.29, 1.82) is 0 Å². The van der Waals surface area contributed by atoms with Crippen LogP contribution in [0.15, 0.2) is 24.3 Å². The third-order valence-electron chi connectivity index (χ3n) is 5.08. The molecule has 0 aromatic heterocycles. The number of nitrogens with one attached hydrogen (secondary N) is 2. The molecule has 26 heavy (non-hydrogen) atoms. The van der Waals surface area contributed by atoms with E-state index >= 15 is 0 Å². The largest absolute Gasteiger partial charge is 0.375 e. The van der Waals surface area contributed by atoms with Gasteiger partial charge in [0.15, 0.2) is 5.60 Å². The molecule has 9 heteroatoms. The minimum Gasteiger partial charge on any atom is -0.375 e. The van der Waals surface area contributed by atoms with Gasteiger partial charge in [0.1, 0.15) is 12.1 Å². The summed E-state index contributed by atoms with van der Waals surface area (Å²) in [6.07, 6.45) is 1.45. The first-order chi connectivity index (χ1) is 12.2. The summed E-state index contributed by atoms with van der Waals surface area (Å²) < 4.78 is 11.3. The lowest BCUT2D eigenvalue weighted by atomic mass is 9.78. The number of aliphatic hydroxyl groups is 1. The molecule has 2 aliphatic rings. The summed E-state index contributed by atoms with van der Waals surface area (Å²) in [4.78, 5) is 38.9. The van der Waals surface area contributed by atoms with E-state index < -0.39 is 52.1 Å². The zero-order valence-corrected chi connectivity index (χ0v) is 15.5. The highest BCUT2D eigenvalue weighted by molar-refractivity contribution is 7.84. The zero-order chi connectivity index (χ0) is 19.2. The first-order valence-corrected chi connectivity index (χ1v) is 9.91. The second-order valence-corrected chi connectivity index (χ2v) is 8.20. The summed E-state index contributed by atoms with van der Waals surface area (Å²) in [6, 6.07) is 4.83. The van der Waals surface area contributed by atoms with Crippen molar-refractivity contribution in [2.45, 2.75) is 24.6 Å². The molecule has 0 aliphatic carbocycles. The SMILES string of the molecule is C[C@H]([C@@H]1NC(=O)[C@H](CS(C)=O)NC1=O)[C@]1(O)C(=O)N(C)c2ccccc21. The lowest BCUT2D eigenvalue weighted by molar-refractivity contribution is -0.149. The molecule has 0 saturated carbocycles. The number of hydrogen-bond donors (Lipinski definition) is 3. The Morgan fingerprint density at radius 1 is 1.23 bits per heavy atom. The molecule has 1 aromatic rings. The number of hydrogen-bond acceptors (Lipinski definition) is 5. The Kier molecular flexibility index (Phi) is 4.61. The molecule has 3 N–H and O–H groups in total. The van der Waals surface area contributed by atoms with E-state index in [0.29, 0.717) is 11.3 Å². The lowest BCUT2D eigenvalue weighted by Gasteiger charge is -2.38. The monoisotopic (exact) mass is 379 g/mol. The van der Waals surface area contributed by atoms with Crippen molar-refractivity contribution >= 4 is 34.2 Å². The van der Waals surface area contributed by atoms with Crippen molar-refractivity contribution in [3.63, 3.8) is 0 Å². The number of fused-ring (bicyclic) bond motifs is 1. The van der Waals surface area contributed by atoms with Crippen LogP contribution in [0.1, 0.15) is 12.5 Å². The Bertz CT molecular complexity index is 813. The van der Waals surface area contributed by atoms with Gasteiger partial charge < -0.3 is 20.6 Å². The van der Waals surface area contributed by atoms with Crippen molar-refractivity contribution in [2.24, 2.45) is 5.92 Å². The number of piperazine rings is 1. The van der Waals surface area contributed by atoms with E-state index in [0.717, 1.165) is 0 Å². The summed E-state index contributed by atoms with van der Waals surface area (Å²) in [5.41, 5.74) is -0.964.